The summed E-state index contributed by atoms with van der Waals surface area (Å²) < 4.78 is 2.25. The van der Waals surface area contributed by atoms with Gasteiger partial charge in [0, 0.05) is 6.54 Å². The normalized spacial score (nSPS) is 11.4. The molecule has 0 atom stereocenters. The van der Waals surface area contributed by atoms with Crippen molar-refractivity contribution < 1.29 is 0 Å². The van der Waals surface area contributed by atoms with Crippen LogP contribution in [0.1, 0.15) is 31.9 Å². The van der Waals surface area contributed by atoms with E-state index in [0.29, 0.717) is 0 Å². The van der Waals surface area contributed by atoms with Crippen molar-refractivity contribution in [1.82, 2.24) is 14.7 Å². The smallest absolute Gasteiger partial charge is 0.137 e. The van der Waals surface area contributed by atoms with Crippen LogP contribution in [-0.4, -0.2) is 15.9 Å². The molecule has 0 aliphatic heterocycles. The van der Waals surface area contributed by atoms with Crippen LogP contribution in [0.25, 0.3) is 16.6 Å². The lowest BCUT2D eigenvalue weighted by atomic mass is 10.2. The van der Waals surface area contributed by atoms with Crippen molar-refractivity contribution in [3.05, 3.63) is 48.3 Å². The molecule has 0 bridgehead atoms. The largest absolute Gasteiger partial charge is 0.311 e. The standard InChI is InChI=1S/C17H21N3/c1-2-3-6-11-18-12-15-13-19-17-10-9-14-7-4-5-8-16(14)20(15)17/h4-5,7-10,13,18H,2-3,6,11-12H2,1H3. The Morgan fingerprint density at radius 3 is 2.90 bits per heavy atom. The van der Waals surface area contributed by atoms with E-state index in [1.54, 1.807) is 0 Å². The molecular formula is C17H21N3. The summed E-state index contributed by atoms with van der Waals surface area (Å²) in [7, 11) is 0. The summed E-state index contributed by atoms with van der Waals surface area (Å²) in [6.07, 6.45) is 5.79. The zero-order valence-electron chi connectivity index (χ0n) is 12.0. The maximum Gasteiger partial charge on any atom is 0.137 e. The van der Waals surface area contributed by atoms with Crippen LogP contribution in [-0.2, 0) is 6.54 Å². The predicted molar refractivity (Wildman–Crippen MR) is 83.9 cm³/mol. The van der Waals surface area contributed by atoms with E-state index in [0.717, 1.165) is 18.7 Å². The molecule has 3 rings (SSSR count). The highest BCUT2D eigenvalue weighted by Crippen LogP contribution is 2.18. The van der Waals surface area contributed by atoms with Crippen LogP contribution in [0.5, 0.6) is 0 Å². The van der Waals surface area contributed by atoms with Gasteiger partial charge in [-0.3, -0.25) is 4.40 Å². The van der Waals surface area contributed by atoms with Gasteiger partial charge in [-0.1, -0.05) is 38.0 Å². The molecule has 2 aromatic heterocycles. The first-order valence-corrected chi connectivity index (χ1v) is 7.45. The van der Waals surface area contributed by atoms with Gasteiger partial charge in [-0.15, -0.1) is 0 Å². The average molecular weight is 267 g/mol. The molecule has 0 aliphatic carbocycles. The Kier molecular flexibility index (Phi) is 3.97. The van der Waals surface area contributed by atoms with Crippen molar-refractivity contribution in [1.29, 1.82) is 0 Å². The van der Waals surface area contributed by atoms with Crippen molar-refractivity contribution >= 4 is 16.6 Å². The van der Waals surface area contributed by atoms with Crippen LogP contribution in [0.3, 0.4) is 0 Å². The summed E-state index contributed by atoms with van der Waals surface area (Å²) in [4.78, 5) is 4.51. The number of pyridine rings is 1. The number of rotatable bonds is 6. The molecule has 1 N–H and O–H groups in total. The minimum absolute atomic E-state index is 0.874. The van der Waals surface area contributed by atoms with E-state index in [2.05, 4.69) is 58.0 Å². The lowest BCUT2D eigenvalue weighted by Crippen LogP contribution is -2.15. The molecule has 3 aromatic rings. The van der Waals surface area contributed by atoms with Crippen molar-refractivity contribution in [2.24, 2.45) is 0 Å². The van der Waals surface area contributed by atoms with Crippen LogP contribution in [0.15, 0.2) is 42.6 Å². The Balaban J connectivity index is 1.86. The third kappa shape index (κ3) is 2.54. The Labute approximate surface area is 119 Å². The Morgan fingerprint density at radius 1 is 1.10 bits per heavy atom. The van der Waals surface area contributed by atoms with Gasteiger partial charge < -0.3 is 5.32 Å². The molecule has 3 heteroatoms. The van der Waals surface area contributed by atoms with Gasteiger partial charge in [0.2, 0.25) is 0 Å². The molecule has 1 aromatic carbocycles. The first kappa shape index (κ1) is 13.1. The van der Waals surface area contributed by atoms with Crippen LogP contribution in [0.4, 0.5) is 0 Å². The predicted octanol–water partition coefficient (Wildman–Crippen LogP) is 3.77. The summed E-state index contributed by atoms with van der Waals surface area (Å²) >= 11 is 0. The Morgan fingerprint density at radius 2 is 2.00 bits per heavy atom. The number of benzene rings is 1. The SMILES string of the molecule is CCCCCNCc1cnc2ccc3ccccc3n12. The third-order valence-corrected chi connectivity index (χ3v) is 3.72. The van der Waals surface area contributed by atoms with E-state index in [4.69, 9.17) is 0 Å². The fourth-order valence-electron chi connectivity index (χ4n) is 2.64. The number of nitrogens with one attached hydrogen (secondary N) is 1. The van der Waals surface area contributed by atoms with Crippen molar-refractivity contribution in [3.63, 3.8) is 0 Å². The second-order valence-electron chi connectivity index (χ2n) is 5.22. The zero-order valence-corrected chi connectivity index (χ0v) is 12.0. The number of imidazole rings is 1. The van der Waals surface area contributed by atoms with Crippen molar-refractivity contribution in [3.8, 4) is 0 Å². The second-order valence-corrected chi connectivity index (χ2v) is 5.22. The lowest BCUT2D eigenvalue weighted by molar-refractivity contribution is 0.610. The molecule has 104 valence electrons. The van der Waals surface area contributed by atoms with Gasteiger partial charge in [-0.05, 0) is 36.6 Å². The quantitative estimate of drug-likeness (QED) is 0.689. The number of hydrogen-bond donors (Lipinski definition) is 1. The summed E-state index contributed by atoms with van der Waals surface area (Å²) in [5, 5.41) is 4.77. The van der Waals surface area contributed by atoms with Crippen molar-refractivity contribution in [2.75, 3.05) is 6.54 Å². The minimum Gasteiger partial charge on any atom is -0.311 e. The number of unbranched alkanes of at least 4 members (excludes halogenated alkanes) is 2. The number of fused-ring (bicyclic) bond motifs is 3. The number of nitrogens with zero attached hydrogens (tertiary/aromatic N) is 2. The molecule has 0 unspecified atom stereocenters. The van der Waals surface area contributed by atoms with Gasteiger partial charge in [0.25, 0.3) is 0 Å². The molecule has 0 spiro atoms. The van der Waals surface area contributed by atoms with E-state index in [-0.39, 0.29) is 0 Å². The maximum atomic E-state index is 4.51. The van der Waals surface area contributed by atoms with Crippen LogP contribution in [0, 0.1) is 0 Å². The summed E-state index contributed by atoms with van der Waals surface area (Å²) in [6, 6.07) is 12.7. The van der Waals surface area contributed by atoms with Gasteiger partial charge in [-0.25, -0.2) is 4.98 Å². The highest BCUT2D eigenvalue weighted by atomic mass is 15.0. The number of hydrogen-bond acceptors (Lipinski definition) is 2. The molecule has 3 nitrogen and oxygen atoms in total. The Hall–Kier alpha value is -1.87. The summed E-state index contributed by atoms with van der Waals surface area (Å²) in [6.45, 7) is 4.18. The number of para-hydroxylation sites is 1. The molecule has 0 aliphatic rings. The number of aromatic nitrogens is 2. The lowest BCUT2D eigenvalue weighted by Gasteiger charge is -2.07. The fraction of sp³-hybridized carbons (Fsp3) is 0.353. The topological polar surface area (TPSA) is 29.3 Å². The molecular weight excluding hydrogens is 246 g/mol. The van der Waals surface area contributed by atoms with Crippen LogP contribution < -0.4 is 5.32 Å². The van der Waals surface area contributed by atoms with E-state index in [1.165, 1.54) is 35.9 Å². The van der Waals surface area contributed by atoms with Gasteiger partial charge in [0.05, 0.1) is 17.4 Å². The Bertz CT molecular complexity index is 700. The molecule has 0 saturated carbocycles. The fourth-order valence-corrected chi connectivity index (χ4v) is 2.64. The van der Waals surface area contributed by atoms with E-state index in [1.807, 2.05) is 6.20 Å². The molecule has 0 saturated heterocycles. The van der Waals surface area contributed by atoms with Gasteiger partial charge in [-0.2, -0.15) is 0 Å². The van der Waals surface area contributed by atoms with Crippen LogP contribution in [0.2, 0.25) is 0 Å². The van der Waals surface area contributed by atoms with E-state index in [9.17, 15) is 0 Å². The molecule has 0 radical (unpaired) electrons. The average Bonchev–Trinajstić information content (AvgIpc) is 2.91. The molecule has 20 heavy (non-hydrogen) atoms. The van der Waals surface area contributed by atoms with Gasteiger partial charge >= 0.3 is 0 Å². The van der Waals surface area contributed by atoms with Gasteiger partial charge in [0.15, 0.2) is 0 Å². The highest BCUT2D eigenvalue weighted by molar-refractivity contribution is 5.82. The highest BCUT2D eigenvalue weighted by Gasteiger charge is 2.06. The monoisotopic (exact) mass is 267 g/mol. The second kappa shape index (κ2) is 6.06. The van der Waals surface area contributed by atoms with E-state index < -0.39 is 0 Å². The van der Waals surface area contributed by atoms with Crippen LogP contribution >= 0.6 is 0 Å². The molecule has 2 heterocycles. The van der Waals surface area contributed by atoms with E-state index >= 15 is 0 Å². The minimum atomic E-state index is 0.874. The summed E-state index contributed by atoms with van der Waals surface area (Å²) in [5.74, 6) is 0. The van der Waals surface area contributed by atoms with Gasteiger partial charge in [0.1, 0.15) is 5.65 Å². The molecule has 0 amide bonds. The molecule has 0 fully saturated rings. The first-order valence-electron chi connectivity index (χ1n) is 7.45. The maximum absolute atomic E-state index is 4.51. The first-order chi connectivity index (χ1) is 9.90. The summed E-state index contributed by atoms with van der Waals surface area (Å²) in [5.41, 5.74) is 3.48. The third-order valence-electron chi connectivity index (χ3n) is 3.72. The van der Waals surface area contributed by atoms with Crippen molar-refractivity contribution in [2.45, 2.75) is 32.7 Å². The zero-order chi connectivity index (χ0) is 13.8.